The van der Waals surface area contributed by atoms with E-state index < -0.39 is 0 Å². The number of ether oxygens (including phenoxy) is 2. The van der Waals surface area contributed by atoms with Crippen molar-refractivity contribution >= 4 is 5.97 Å². The van der Waals surface area contributed by atoms with Gasteiger partial charge in [-0.25, -0.2) is 0 Å². The molecule has 0 saturated heterocycles. The Balaban J connectivity index is 3.28. The first-order chi connectivity index (χ1) is 15.3. The minimum absolute atomic E-state index is 0.155. The van der Waals surface area contributed by atoms with Gasteiger partial charge in [0.25, 0.3) is 0 Å². The lowest BCUT2D eigenvalue weighted by atomic mass is 10.0. The minimum Gasteiger partial charge on any atom is -0.463 e. The number of unbranched alkanes of at least 4 members (excludes halogenated alkanes) is 16. The molecule has 0 atom stereocenters. The fourth-order valence-electron chi connectivity index (χ4n) is 3.42. The number of methoxy groups -OCH3 is 1. The van der Waals surface area contributed by atoms with Gasteiger partial charge in [-0.05, 0) is 31.1 Å². The summed E-state index contributed by atoms with van der Waals surface area (Å²) < 4.78 is 9.84. The van der Waals surface area contributed by atoms with Gasteiger partial charge in [0.2, 0.25) is 0 Å². The first kappa shape index (κ1) is 29.5. The molecule has 0 fully saturated rings. The predicted molar refractivity (Wildman–Crippen MR) is 132 cm³/mol. The van der Waals surface area contributed by atoms with Crippen molar-refractivity contribution in [1.82, 2.24) is 0 Å². The Kier molecular flexibility index (Phi) is 25.3. The van der Waals surface area contributed by atoms with E-state index in [-0.39, 0.29) is 5.97 Å². The van der Waals surface area contributed by atoms with Crippen LogP contribution < -0.4 is 0 Å². The summed E-state index contributed by atoms with van der Waals surface area (Å²) in [5, 5.41) is 0. The third-order valence-electron chi connectivity index (χ3n) is 5.38. The largest absolute Gasteiger partial charge is 0.463 e. The molecule has 3 nitrogen and oxygen atoms in total. The lowest BCUT2D eigenvalue weighted by Gasteiger charge is -2.02. The Labute approximate surface area is 193 Å². The second-order valence-electron chi connectivity index (χ2n) is 8.37. The summed E-state index contributed by atoms with van der Waals surface area (Å²) in [5.41, 5.74) is 0. The van der Waals surface area contributed by atoms with Gasteiger partial charge in [0.15, 0.2) is 0 Å². The monoisotopic (exact) mass is 432 g/mol. The number of carbonyl (C=O) groups excluding carboxylic acids is 1. The number of hydrogen-bond acceptors (Lipinski definition) is 3. The molecule has 0 saturated carbocycles. The lowest BCUT2D eigenvalue weighted by molar-refractivity contribution is -0.145. The molecule has 0 aromatic heterocycles. The Morgan fingerprint density at radius 2 is 1.06 bits per heavy atom. The second-order valence-corrected chi connectivity index (χ2v) is 8.37. The molecule has 31 heavy (non-hydrogen) atoms. The first-order valence-corrected chi connectivity index (χ1v) is 12.9. The van der Waals surface area contributed by atoms with Crippen LogP contribution >= 0.6 is 0 Å². The Bertz CT molecular complexity index is 504. The molecule has 0 aromatic rings. The van der Waals surface area contributed by atoms with Gasteiger partial charge < -0.3 is 9.47 Å². The standard InChI is InChI=1S/C28H48O3/c1-3-4-5-6-7-8-9-10-11-12-13-14-15-16-17-18-19-20-21-22-23-24-25-28(29)31-27-26-30-2/h3-17,22-27H2,1-2H3. The van der Waals surface area contributed by atoms with Gasteiger partial charge in [0, 0.05) is 26.4 Å². The summed E-state index contributed by atoms with van der Waals surface area (Å²) >= 11 is 0. The number of hydrogen-bond donors (Lipinski definition) is 0. The number of rotatable bonds is 21. The molecule has 0 aliphatic carbocycles. The smallest absolute Gasteiger partial charge is 0.305 e. The highest BCUT2D eigenvalue weighted by Gasteiger charge is 2.01. The fraction of sp³-hybridized carbons (Fsp3) is 0.821. The maximum Gasteiger partial charge on any atom is 0.305 e. The summed E-state index contributed by atoms with van der Waals surface area (Å²) in [4.78, 5) is 11.4. The average molecular weight is 433 g/mol. The van der Waals surface area contributed by atoms with Crippen LogP contribution in [0.4, 0.5) is 0 Å². The summed E-state index contributed by atoms with van der Waals surface area (Å²) in [6.07, 6.45) is 23.3. The van der Waals surface area contributed by atoms with Gasteiger partial charge in [0.05, 0.1) is 6.61 Å². The van der Waals surface area contributed by atoms with Gasteiger partial charge in [-0.2, -0.15) is 0 Å². The van der Waals surface area contributed by atoms with E-state index in [1.54, 1.807) is 7.11 Å². The van der Waals surface area contributed by atoms with Crippen LogP contribution in [0, 0.1) is 23.7 Å². The van der Waals surface area contributed by atoms with E-state index in [2.05, 4.69) is 30.6 Å². The van der Waals surface area contributed by atoms with Crippen molar-refractivity contribution in [3.05, 3.63) is 0 Å². The van der Waals surface area contributed by atoms with Gasteiger partial charge in [-0.15, -0.1) is 0 Å². The maximum atomic E-state index is 11.4. The molecule has 0 aromatic carbocycles. The van der Waals surface area contributed by atoms with E-state index in [0.29, 0.717) is 19.6 Å². The topological polar surface area (TPSA) is 35.5 Å². The van der Waals surface area contributed by atoms with Crippen LogP contribution in [-0.4, -0.2) is 26.3 Å². The predicted octanol–water partition coefficient (Wildman–Crippen LogP) is 7.61. The van der Waals surface area contributed by atoms with Gasteiger partial charge >= 0.3 is 5.97 Å². The van der Waals surface area contributed by atoms with Crippen LogP contribution in [-0.2, 0) is 14.3 Å². The summed E-state index contributed by atoms with van der Waals surface area (Å²) in [5.74, 6) is 11.9. The van der Waals surface area contributed by atoms with E-state index in [0.717, 1.165) is 25.7 Å². The van der Waals surface area contributed by atoms with Crippen molar-refractivity contribution < 1.29 is 14.3 Å². The van der Waals surface area contributed by atoms with Crippen LogP contribution in [0.5, 0.6) is 0 Å². The van der Waals surface area contributed by atoms with E-state index in [9.17, 15) is 4.79 Å². The molecule has 0 aliphatic rings. The molecule has 0 bridgehead atoms. The molecule has 0 unspecified atom stereocenters. The highest BCUT2D eigenvalue weighted by molar-refractivity contribution is 5.69. The van der Waals surface area contributed by atoms with E-state index in [1.165, 1.54) is 89.9 Å². The third-order valence-corrected chi connectivity index (χ3v) is 5.38. The van der Waals surface area contributed by atoms with Crippen molar-refractivity contribution in [2.75, 3.05) is 20.3 Å². The minimum atomic E-state index is -0.155. The first-order valence-electron chi connectivity index (χ1n) is 12.9. The zero-order valence-corrected chi connectivity index (χ0v) is 20.6. The zero-order valence-electron chi connectivity index (χ0n) is 20.6. The van der Waals surface area contributed by atoms with Crippen LogP contribution in [0.2, 0.25) is 0 Å². The zero-order chi connectivity index (χ0) is 22.7. The van der Waals surface area contributed by atoms with Crippen molar-refractivity contribution in [3.63, 3.8) is 0 Å². The summed E-state index contributed by atoms with van der Waals surface area (Å²) in [7, 11) is 1.59. The summed E-state index contributed by atoms with van der Waals surface area (Å²) in [6.45, 7) is 3.07. The van der Waals surface area contributed by atoms with Crippen LogP contribution in [0.15, 0.2) is 0 Å². The molecular weight excluding hydrogens is 384 g/mol. The Morgan fingerprint density at radius 1 is 0.613 bits per heavy atom. The van der Waals surface area contributed by atoms with E-state index >= 15 is 0 Å². The Hall–Kier alpha value is -1.45. The SMILES string of the molecule is CCCCCCCCCCCCCCCCC#CC#CCCCCC(=O)OCCOC. The molecule has 0 amide bonds. The maximum absolute atomic E-state index is 11.4. The van der Waals surface area contributed by atoms with E-state index in [4.69, 9.17) is 9.47 Å². The second kappa shape index (κ2) is 26.6. The van der Waals surface area contributed by atoms with Crippen LogP contribution in [0.1, 0.15) is 129 Å². The fourth-order valence-corrected chi connectivity index (χ4v) is 3.42. The number of carbonyl (C=O) groups is 1. The van der Waals surface area contributed by atoms with Crippen molar-refractivity contribution in [2.24, 2.45) is 0 Å². The molecule has 0 radical (unpaired) electrons. The highest BCUT2D eigenvalue weighted by Crippen LogP contribution is 2.13. The average Bonchev–Trinajstić information content (AvgIpc) is 2.77. The third kappa shape index (κ3) is 26.5. The lowest BCUT2D eigenvalue weighted by Crippen LogP contribution is -2.09. The molecule has 0 N–H and O–H groups in total. The number of esters is 1. The molecule has 0 heterocycles. The van der Waals surface area contributed by atoms with Crippen molar-refractivity contribution in [3.8, 4) is 23.7 Å². The van der Waals surface area contributed by atoms with Crippen molar-refractivity contribution in [1.29, 1.82) is 0 Å². The molecular formula is C28H48O3. The molecule has 178 valence electrons. The normalized spacial score (nSPS) is 10.1. The molecule has 0 rings (SSSR count). The molecule has 0 spiro atoms. The quantitative estimate of drug-likeness (QED) is 0.106. The van der Waals surface area contributed by atoms with E-state index in [1.807, 2.05) is 0 Å². The van der Waals surface area contributed by atoms with Crippen LogP contribution in [0.3, 0.4) is 0 Å². The van der Waals surface area contributed by atoms with Crippen molar-refractivity contribution in [2.45, 2.75) is 129 Å². The summed E-state index contributed by atoms with van der Waals surface area (Å²) in [6, 6.07) is 0. The molecule has 0 aliphatic heterocycles. The molecule has 3 heteroatoms. The Morgan fingerprint density at radius 3 is 1.55 bits per heavy atom. The van der Waals surface area contributed by atoms with Gasteiger partial charge in [-0.3, -0.25) is 4.79 Å². The van der Waals surface area contributed by atoms with Gasteiger partial charge in [-0.1, -0.05) is 102 Å². The van der Waals surface area contributed by atoms with Gasteiger partial charge in [0.1, 0.15) is 6.61 Å². The highest BCUT2D eigenvalue weighted by atomic mass is 16.6. The van der Waals surface area contributed by atoms with Crippen LogP contribution in [0.25, 0.3) is 0 Å².